The molecule has 29 heavy (non-hydrogen) atoms. The van der Waals surface area contributed by atoms with Gasteiger partial charge in [0.25, 0.3) is 0 Å². The number of benzene rings is 2. The van der Waals surface area contributed by atoms with E-state index in [9.17, 15) is 9.90 Å². The molecule has 1 fully saturated rings. The minimum absolute atomic E-state index is 0.310. The molecule has 1 aliphatic carbocycles. The number of aromatic nitrogens is 1. The molecule has 1 aromatic heterocycles. The second-order valence-corrected chi connectivity index (χ2v) is 8.36. The van der Waals surface area contributed by atoms with Crippen LogP contribution in [0.15, 0.2) is 42.5 Å². The zero-order valence-corrected chi connectivity index (χ0v) is 16.9. The SMILES string of the molecule is COC(=O)c1ccc2c(C3CCCCC3)c3n(c2c1)CCC(O)c1ccccc1-3. The van der Waals surface area contributed by atoms with Gasteiger partial charge in [0.2, 0.25) is 0 Å². The van der Waals surface area contributed by atoms with Gasteiger partial charge in [0, 0.05) is 23.0 Å². The van der Waals surface area contributed by atoms with E-state index in [0.717, 1.165) is 23.2 Å². The molecule has 4 heteroatoms. The summed E-state index contributed by atoms with van der Waals surface area (Å²) >= 11 is 0. The number of hydrogen-bond donors (Lipinski definition) is 1. The highest BCUT2D eigenvalue weighted by molar-refractivity contribution is 5.99. The van der Waals surface area contributed by atoms with E-state index in [2.05, 4.69) is 28.8 Å². The van der Waals surface area contributed by atoms with Crippen LogP contribution in [0.1, 0.15) is 72.0 Å². The Morgan fingerprint density at radius 2 is 1.86 bits per heavy atom. The Kier molecular flexibility index (Phi) is 4.67. The average molecular weight is 389 g/mol. The first-order valence-corrected chi connectivity index (χ1v) is 10.7. The molecule has 2 heterocycles. The molecule has 0 amide bonds. The molecule has 1 saturated carbocycles. The Hall–Kier alpha value is -2.59. The molecule has 1 N–H and O–H groups in total. The average Bonchev–Trinajstić information content (AvgIpc) is 3.02. The topological polar surface area (TPSA) is 51.5 Å². The molecule has 1 aliphatic heterocycles. The van der Waals surface area contributed by atoms with Gasteiger partial charge in [0.15, 0.2) is 0 Å². The summed E-state index contributed by atoms with van der Waals surface area (Å²) < 4.78 is 7.30. The van der Waals surface area contributed by atoms with E-state index < -0.39 is 6.10 Å². The van der Waals surface area contributed by atoms with Crippen molar-refractivity contribution in [3.63, 3.8) is 0 Å². The van der Waals surface area contributed by atoms with Crippen LogP contribution in [0.5, 0.6) is 0 Å². The summed E-state index contributed by atoms with van der Waals surface area (Å²) in [7, 11) is 1.42. The molecule has 5 rings (SSSR count). The number of rotatable bonds is 2. The first-order valence-electron chi connectivity index (χ1n) is 10.7. The molecule has 0 saturated heterocycles. The number of carbonyl (C=O) groups excluding carboxylic acids is 1. The van der Waals surface area contributed by atoms with E-state index in [1.165, 1.54) is 55.9 Å². The van der Waals surface area contributed by atoms with Gasteiger partial charge in [-0.3, -0.25) is 0 Å². The van der Waals surface area contributed by atoms with Gasteiger partial charge in [-0.05, 0) is 48.4 Å². The normalized spacial score (nSPS) is 19.4. The molecule has 4 nitrogen and oxygen atoms in total. The summed E-state index contributed by atoms with van der Waals surface area (Å²) in [6, 6.07) is 14.2. The maximum absolute atomic E-state index is 12.2. The first kappa shape index (κ1) is 18.4. The number of hydrogen-bond acceptors (Lipinski definition) is 3. The molecule has 0 radical (unpaired) electrons. The quantitative estimate of drug-likeness (QED) is 0.582. The molecule has 150 valence electrons. The molecule has 1 atom stereocenters. The zero-order chi connectivity index (χ0) is 20.0. The summed E-state index contributed by atoms with van der Waals surface area (Å²) in [6.45, 7) is 0.735. The standard InChI is InChI=1S/C25H27NO3/c1-29-25(28)17-11-12-20-21(15-17)26-14-13-22(27)18-9-5-6-10-19(18)24(26)23(20)16-7-3-2-4-8-16/h5-6,9-12,15-16,22,27H,2-4,7-8,13-14H2,1H3. The van der Waals surface area contributed by atoms with E-state index in [1.54, 1.807) is 0 Å². The second kappa shape index (κ2) is 7.34. The van der Waals surface area contributed by atoms with Gasteiger partial charge in [-0.25, -0.2) is 4.79 Å². The predicted octanol–water partition coefficient (Wildman–Crippen LogP) is 5.58. The van der Waals surface area contributed by atoms with E-state index in [1.807, 2.05) is 18.2 Å². The summed E-state index contributed by atoms with van der Waals surface area (Å²) in [6.07, 6.45) is 6.45. The van der Waals surface area contributed by atoms with Gasteiger partial charge >= 0.3 is 5.97 Å². The molecular formula is C25H27NO3. The Balaban J connectivity index is 1.82. The maximum atomic E-state index is 12.2. The number of nitrogens with zero attached hydrogens (tertiary/aromatic N) is 1. The minimum atomic E-state index is -0.468. The Morgan fingerprint density at radius 3 is 2.66 bits per heavy atom. The molecular weight excluding hydrogens is 362 g/mol. The maximum Gasteiger partial charge on any atom is 0.337 e. The highest BCUT2D eigenvalue weighted by atomic mass is 16.5. The van der Waals surface area contributed by atoms with Gasteiger partial charge < -0.3 is 14.4 Å². The lowest BCUT2D eigenvalue weighted by Crippen LogP contribution is -2.06. The number of aryl methyl sites for hydroxylation is 1. The summed E-state index contributed by atoms with van der Waals surface area (Å²) in [5, 5.41) is 12.0. The van der Waals surface area contributed by atoms with Crippen molar-refractivity contribution in [2.24, 2.45) is 0 Å². The zero-order valence-electron chi connectivity index (χ0n) is 16.9. The molecule has 2 aromatic carbocycles. The largest absolute Gasteiger partial charge is 0.465 e. The van der Waals surface area contributed by atoms with Crippen LogP contribution in [0.2, 0.25) is 0 Å². The van der Waals surface area contributed by atoms with Crippen LogP contribution in [-0.2, 0) is 11.3 Å². The van der Waals surface area contributed by atoms with Gasteiger partial charge in [-0.2, -0.15) is 0 Å². The number of carbonyl (C=O) groups is 1. The van der Waals surface area contributed by atoms with Crippen LogP contribution in [0, 0.1) is 0 Å². The van der Waals surface area contributed by atoms with Gasteiger partial charge in [-0.15, -0.1) is 0 Å². The number of ether oxygens (including phenoxy) is 1. The molecule has 3 aromatic rings. The Labute approximate surface area is 171 Å². The van der Waals surface area contributed by atoms with Crippen LogP contribution in [0.3, 0.4) is 0 Å². The number of methoxy groups -OCH3 is 1. The van der Waals surface area contributed by atoms with Crippen molar-refractivity contribution >= 4 is 16.9 Å². The lowest BCUT2D eigenvalue weighted by Gasteiger charge is -2.24. The Morgan fingerprint density at radius 1 is 1.07 bits per heavy atom. The molecule has 2 aliphatic rings. The lowest BCUT2D eigenvalue weighted by molar-refractivity contribution is 0.0601. The van der Waals surface area contributed by atoms with Gasteiger partial charge in [0.05, 0.1) is 24.5 Å². The van der Waals surface area contributed by atoms with Crippen LogP contribution in [0.4, 0.5) is 0 Å². The fourth-order valence-electron chi connectivity index (χ4n) is 5.36. The second-order valence-electron chi connectivity index (χ2n) is 8.36. The van der Waals surface area contributed by atoms with E-state index in [0.29, 0.717) is 17.9 Å². The molecule has 0 spiro atoms. The van der Waals surface area contributed by atoms with Crippen molar-refractivity contribution in [2.45, 2.75) is 57.1 Å². The van der Waals surface area contributed by atoms with Crippen molar-refractivity contribution in [2.75, 3.05) is 7.11 Å². The van der Waals surface area contributed by atoms with Crippen LogP contribution in [-0.4, -0.2) is 22.8 Å². The highest BCUT2D eigenvalue weighted by Gasteiger charge is 2.30. The van der Waals surface area contributed by atoms with Gasteiger partial charge in [0.1, 0.15) is 0 Å². The van der Waals surface area contributed by atoms with Crippen molar-refractivity contribution in [3.05, 3.63) is 59.2 Å². The number of aliphatic hydroxyl groups is 1. The van der Waals surface area contributed by atoms with Crippen molar-refractivity contribution in [1.82, 2.24) is 4.57 Å². The van der Waals surface area contributed by atoms with E-state index >= 15 is 0 Å². The summed E-state index contributed by atoms with van der Waals surface area (Å²) in [4.78, 5) is 12.2. The lowest BCUT2D eigenvalue weighted by atomic mass is 9.81. The van der Waals surface area contributed by atoms with Crippen molar-refractivity contribution in [1.29, 1.82) is 0 Å². The van der Waals surface area contributed by atoms with Crippen LogP contribution in [0.25, 0.3) is 22.2 Å². The van der Waals surface area contributed by atoms with Gasteiger partial charge in [-0.1, -0.05) is 49.6 Å². The third kappa shape index (κ3) is 2.98. The van der Waals surface area contributed by atoms with E-state index in [4.69, 9.17) is 4.74 Å². The smallest absolute Gasteiger partial charge is 0.337 e. The first-order chi connectivity index (χ1) is 14.2. The van der Waals surface area contributed by atoms with Crippen LogP contribution < -0.4 is 0 Å². The van der Waals surface area contributed by atoms with Crippen LogP contribution >= 0.6 is 0 Å². The number of esters is 1. The highest BCUT2D eigenvalue weighted by Crippen LogP contribution is 2.47. The summed E-state index contributed by atoms with van der Waals surface area (Å²) in [5.74, 6) is 0.213. The third-order valence-electron chi connectivity index (χ3n) is 6.74. The fourth-order valence-corrected chi connectivity index (χ4v) is 5.36. The predicted molar refractivity (Wildman–Crippen MR) is 114 cm³/mol. The fraction of sp³-hybridized carbons (Fsp3) is 0.400. The monoisotopic (exact) mass is 389 g/mol. The van der Waals surface area contributed by atoms with E-state index in [-0.39, 0.29) is 5.97 Å². The third-order valence-corrected chi connectivity index (χ3v) is 6.74. The number of aliphatic hydroxyl groups excluding tert-OH is 1. The molecule has 1 unspecified atom stereocenters. The Bertz CT molecular complexity index is 1080. The van der Waals surface area contributed by atoms with Crippen molar-refractivity contribution in [3.8, 4) is 11.3 Å². The minimum Gasteiger partial charge on any atom is -0.465 e. The molecule has 0 bridgehead atoms. The number of fused-ring (bicyclic) bond motifs is 5. The summed E-state index contributed by atoms with van der Waals surface area (Å²) in [5.41, 5.74) is 6.44. The van der Waals surface area contributed by atoms with Crippen molar-refractivity contribution < 1.29 is 14.6 Å².